The van der Waals surface area contributed by atoms with Gasteiger partial charge in [-0.15, -0.1) is 0 Å². The second-order valence-electron chi connectivity index (χ2n) is 8.86. The second kappa shape index (κ2) is 9.05. The first-order chi connectivity index (χ1) is 17.7. The van der Waals surface area contributed by atoms with Gasteiger partial charge in [-0.05, 0) is 47.4 Å². The van der Waals surface area contributed by atoms with Crippen molar-refractivity contribution in [2.75, 3.05) is 4.81 Å². The number of anilines is 2. The predicted molar refractivity (Wildman–Crippen MR) is 149 cm³/mol. The molecule has 5 aromatic carbocycles. The Morgan fingerprint density at radius 1 is 0.667 bits per heavy atom. The maximum atomic E-state index is 13.5. The highest BCUT2D eigenvalue weighted by Crippen LogP contribution is 2.38. The molecule has 0 N–H and O–H groups in total. The van der Waals surface area contributed by atoms with Gasteiger partial charge in [0.15, 0.2) is 5.78 Å². The van der Waals surface area contributed by atoms with Gasteiger partial charge in [0.2, 0.25) is 0 Å². The van der Waals surface area contributed by atoms with Gasteiger partial charge in [0.1, 0.15) is 0 Å². The summed E-state index contributed by atoms with van der Waals surface area (Å²) in [6, 6.07) is 40.7. The number of hydrogen-bond acceptors (Lipinski definition) is 3. The SMILES string of the molecule is N#Cc1ccc(N(B(c2ccccc2)c2ccccc2)c2ccc3cccc4c3c2C(=O)C=C4)cc1. The topological polar surface area (TPSA) is 44.1 Å². The number of benzene rings is 5. The largest absolute Gasteiger partial charge is 0.376 e. The Hall–Kier alpha value is -4.88. The Bertz CT molecular complexity index is 1610. The zero-order valence-corrected chi connectivity index (χ0v) is 19.5. The molecule has 36 heavy (non-hydrogen) atoms. The van der Waals surface area contributed by atoms with Crippen LogP contribution < -0.4 is 15.7 Å². The molecule has 0 fully saturated rings. The molecule has 0 aromatic heterocycles. The van der Waals surface area contributed by atoms with E-state index in [0.29, 0.717) is 11.1 Å². The molecule has 6 rings (SSSR count). The average molecular weight is 460 g/mol. The summed E-state index contributed by atoms with van der Waals surface area (Å²) in [5, 5.41) is 11.4. The average Bonchev–Trinajstić information content (AvgIpc) is 2.95. The van der Waals surface area contributed by atoms with Gasteiger partial charge in [-0.1, -0.05) is 102 Å². The minimum absolute atomic E-state index is 0.00665. The van der Waals surface area contributed by atoms with Crippen LogP contribution in [0.3, 0.4) is 0 Å². The van der Waals surface area contributed by atoms with Gasteiger partial charge in [-0.2, -0.15) is 5.26 Å². The molecule has 5 aromatic rings. The lowest BCUT2D eigenvalue weighted by molar-refractivity contribution is 0.104. The van der Waals surface area contributed by atoms with Crippen LogP contribution in [0, 0.1) is 11.3 Å². The molecule has 4 heteroatoms. The van der Waals surface area contributed by atoms with Crippen molar-refractivity contribution < 1.29 is 4.79 Å². The number of ketones is 1. The van der Waals surface area contributed by atoms with Crippen LogP contribution >= 0.6 is 0 Å². The lowest BCUT2D eigenvalue weighted by Crippen LogP contribution is -2.55. The van der Waals surface area contributed by atoms with Crippen LogP contribution in [0.25, 0.3) is 16.8 Å². The molecule has 0 amide bonds. The van der Waals surface area contributed by atoms with E-state index in [9.17, 15) is 10.1 Å². The molecule has 0 aliphatic heterocycles. The van der Waals surface area contributed by atoms with Crippen LogP contribution in [0.15, 0.2) is 121 Å². The van der Waals surface area contributed by atoms with Crippen LogP contribution in [0.2, 0.25) is 0 Å². The minimum atomic E-state index is -0.195. The zero-order chi connectivity index (χ0) is 24.5. The maximum Gasteiger partial charge on any atom is 0.328 e. The third-order valence-electron chi connectivity index (χ3n) is 6.74. The van der Waals surface area contributed by atoms with Crippen molar-refractivity contribution in [2.24, 2.45) is 0 Å². The van der Waals surface area contributed by atoms with Crippen LogP contribution in [0.5, 0.6) is 0 Å². The summed E-state index contributed by atoms with van der Waals surface area (Å²) in [4.78, 5) is 15.7. The standard InChI is InChI=1S/C32H21BN2O/c34-22-23-14-18-28(19-15-23)35(33(26-10-3-1-4-11-26)27-12-5-2-6-13-27)29-20-16-24-8-7-9-25-17-21-30(36)32(29)31(24)25/h1-21H. The van der Waals surface area contributed by atoms with E-state index in [1.54, 1.807) is 6.08 Å². The molecule has 0 saturated carbocycles. The van der Waals surface area contributed by atoms with Crippen molar-refractivity contribution in [1.29, 1.82) is 5.26 Å². The summed E-state index contributed by atoms with van der Waals surface area (Å²) in [5.74, 6) is -0.00665. The Morgan fingerprint density at radius 3 is 1.97 bits per heavy atom. The van der Waals surface area contributed by atoms with Crippen molar-refractivity contribution in [3.63, 3.8) is 0 Å². The predicted octanol–water partition coefficient (Wildman–Crippen LogP) is 5.86. The maximum absolute atomic E-state index is 13.5. The minimum Gasteiger partial charge on any atom is -0.376 e. The number of carbonyl (C=O) groups excluding carboxylic acids is 1. The van der Waals surface area contributed by atoms with Gasteiger partial charge in [0, 0.05) is 16.8 Å². The number of hydrogen-bond donors (Lipinski definition) is 0. The Balaban J connectivity index is 1.68. The van der Waals surface area contributed by atoms with Gasteiger partial charge >= 0.3 is 6.85 Å². The first kappa shape index (κ1) is 21.6. The molecule has 0 radical (unpaired) electrons. The van der Waals surface area contributed by atoms with Crippen molar-refractivity contribution >= 4 is 51.8 Å². The first-order valence-corrected chi connectivity index (χ1v) is 11.9. The van der Waals surface area contributed by atoms with E-state index in [-0.39, 0.29) is 12.6 Å². The molecule has 1 aliphatic carbocycles. The van der Waals surface area contributed by atoms with Gasteiger partial charge in [-0.3, -0.25) is 4.79 Å². The molecule has 0 heterocycles. The summed E-state index contributed by atoms with van der Waals surface area (Å²) in [6.45, 7) is -0.195. The monoisotopic (exact) mass is 460 g/mol. The molecule has 168 valence electrons. The van der Waals surface area contributed by atoms with Crippen LogP contribution in [0.1, 0.15) is 21.5 Å². The van der Waals surface area contributed by atoms with E-state index < -0.39 is 0 Å². The van der Waals surface area contributed by atoms with E-state index >= 15 is 0 Å². The quantitative estimate of drug-likeness (QED) is 0.309. The lowest BCUT2D eigenvalue weighted by atomic mass is 9.48. The van der Waals surface area contributed by atoms with Crippen molar-refractivity contribution in [2.45, 2.75) is 0 Å². The molecule has 0 bridgehead atoms. The molecule has 0 spiro atoms. The van der Waals surface area contributed by atoms with Gasteiger partial charge < -0.3 is 4.81 Å². The molecular formula is C32H21BN2O. The number of rotatable bonds is 5. The fourth-order valence-electron chi connectivity index (χ4n) is 5.12. The summed E-state index contributed by atoms with van der Waals surface area (Å²) in [6.07, 6.45) is 3.57. The number of nitrogens with zero attached hydrogens (tertiary/aromatic N) is 2. The van der Waals surface area contributed by atoms with E-state index in [4.69, 9.17) is 0 Å². The van der Waals surface area contributed by atoms with E-state index in [2.05, 4.69) is 59.4 Å². The molecule has 1 aliphatic rings. The van der Waals surface area contributed by atoms with Crippen LogP contribution in [-0.4, -0.2) is 12.6 Å². The van der Waals surface area contributed by atoms with E-state index in [1.807, 2.05) is 72.8 Å². The van der Waals surface area contributed by atoms with Crippen molar-refractivity contribution in [3.05, 3.63) is 138 Å². The van der Waals surface area contributed by atoms with Crippen molar-refractivity contribution in [3.8, 4) is 6.07 Å². The van der Waals surface area contributed by atoms with Gasteiger partial charge in [0.25, 0.3) is 0 Å². The van der Waals surface area contributed by atoms with E-state index in [0.717, 1.165) is 38.6 Å². The second-order valence-corrected chi connectivity index (χ2v) is 8.86. The van der Waals surface area contributed by atoms with Crippen molar-refractivity contribution in [1.82, 2.24) is 0 Å². The third kappa shape index (κ3) is 3.68. The number of allylic oxidation sites excluding steroid dienone is 1. The number of carbonyl (C=O) groups is 1. The lowest BCUT2D eigenvalue weighted by Gasteiger charge is -2.34. The van der Waals surface area contributed by atoms with Crippen LogP contribution in [-0.2, 0) is 0 Å². The van der Waals surface area contributed by atoms with E-state index in [1.165, 1.54) is 0 Å². The molecule has 0 unspecified atom stereocenters. The summed E-state index contributed by atoms with van der Waals surface area (Å²) >= 11 is 0. The summed E-state index contributed by atoms with van der Waals surface area (Å²) < 4.78 is 0. The Labute approximate surface area is 210 Å². The molecule has 0 atom stereocenters. The van der Waals surface area contributed by atoms with Gasteiger partial charge in [0.05, 0.1) is 17.2 Å². The normalized spacial score (nSPS) is 11.8. The number of nitriles is 1. The fourth-order valence-corrected chi connectivity index (χ4v) is 5.12. The highest BCUT2D eigenvalue weighted by molar-refractivity contribution is 6.89. The molecule has 3 nitrogen and oxygen atoms in total. The highest BCUT2D eigenvalue weighted by atomic mass is 16.1. The molecule has 0 saturated heterocycles. The third-order valence-corrected chi connectivity index (χ3v) is 6.74. The molecular weight excluding hydrogens is 439 g/mol. The Morgan fingerprint density at radius 2 is 1.33 bits per heavy atom. The van der Waals surface area contributed by atoms with Gasteiger partial charge in [-0.25, -0.2) is 0 Å². The first-order valence-electron chi connectivity index (χ1n) is 11.9. The Kier molecular flexibility index (Phi) is 5.44. The van der Waals surface area contributed by atoms with Crippen LogP contribution in [0.4, 0.5) is 11.4 Å². The summed E-state index contributed by atoms with van der Waals surface area (Å²) in [5.41, 5.74) is 6.29. The fraction of sp³-hybridized carbons (Fsp3) is 0. The smallest absolute Gasteiger partial charge is 0.328 e. The summed E-state index contributed by atoms with van der Waals surface area (Å²) in [7, 11) is 0. The zero-order valence-electron chi connectivity index (χ0n) is 19.5. The highest BCUT2D eigenvalue weighted by Gasteiger charge is 2.33.